The van der Waals surface area contributed by atoms with Gasteiger partial charge in [0.2, 0.25) is 0 Å². The van der Waals surface area contributed by atoms with Gasteiger partial charge in [0.05, 0.1) is 22.4 Å². The molecule has 0 N–H and O–H groups in total. The molecule has 0 fully saturated rings. The number of rotatable bonds is 8. The number of aromatic nitrogens is 1. The number of anilines is 3. The van der Waals surface area contributed by atoms with Gasteiger partial charge in [0, 0.05) is 33.3 Å². The minimum absolute atomic E-state index is 1.09. The van der Waals surface area contributed by atoms with Crippen molar-refractivity contribution in [3.05, 3.63) is 243 Å². The highest BCUT2D eigenvalue weighted by Gasteiger charge is 2.21. The van der Waals surface area contributed by atoms with E-state index in [0.29, 0.717) is 0 Å². The lowest BCUT2D eigenvalue weighted by Gasteiger charge is -2.29. The molecule has 60 heavy (non-hydrogen) atoms. The first-order valence-corrected chi connectivity index (χ1v) is 20.6. The zero-order valence-corrected chi connectivity index (χ0v) is 33.0. The number of hydrogen-bond donors (Lipinski definition) is 0. The van der Waals surface area contributed by atoms with Crippen molar-refractivity contribution in [1.82, 2.24) is 4.57 Å². The van der Waals surface area contributed by atoms with Crippen LogP contribution in [0.25, 0.3) is 82.8 Å². The third-order valence-electron chi connectivity index (χ3n) is 11.8. The van der Waals surface area contributed by atoms with E-state index in [0.717, 1.165) is 39.4 Å². The molecule has 0 saturated heterocycles. The average Bonchev–Trinajstić information content (AvgIpc) is 3.67. The third-order valence-corrected chi connectivity index (χ3v) is 11.8. The van der Waals surface area contributed by atoms with Gasteiger partial charge >= 0.3 is 0 Å². The quantitative estimate of drug-likeness (QED) is 0.150. The van der Waals surface area contributed by atoms with Crippen LogP contribution in [0.1, 0.15) is 0 Å². The number of fused-ring (bicyclic) bond motifs is 4. The van der Waals surface area contributed by atoms with E-state index < -0.39 is 0 Å². The number of nitrogens with zero attached hydrogens (tertiary/aromatic N) is 2. The highest BCUT2D eigenvalue weighted by molar-refractivity contribution is 6.10. The van der Waals surface area contributed by atoms with Crippen molar-refractivity contribution in [2.75, 3.05) is 4.90 Å². The summed E-state index contributed by atoms with van der Waals surface area (Å²) in [5.74, 6) is 0. The van der Waals surface area contributed by atoms with Crippen LogP contribution in [-0.2, 0) is 0 Å². The Morgan fingerprint density at radius 1 is 0.283 bits per heavy atom. The lowest BCUT2D eigenvalue weighted by atomic mass is 9.93. The normalized spacial score (nSPS) is 11.3. The summed E-state index contributed by atoms with van der Waals surface area (Å²) in [5.41, 5.74) is 16.3. The molecule has 10 aromatic carbocycles. The van der Waals surface area contributed by atoms with Gasteiger partial charge in [0.15, 0.2) is 0 Å². The van der Waals surface area contributed by atoms with Crippen LogP contribution in [0.3, 0.4) is 0 Å². The molecule has 11 rings (SSSR count). The first-order chi connectivity index (χ1) is 29.8. The summed E-state index contributed by atoms with van der Waals surface area (Å²) in [6, 6.07) is 87.9. The molecular formula is C58H40N2. The van der Waals surface area contributed by atoms with Crippen LogP contribution in [0.4, 0.5) is 17.1 Å². The molecule has 0 unspecified atom stereocenters. The van der Waals surface area contributed by atoms with Crippen molar-refractivity contribution in [2.45, 2.75) is 0 Å². The summed E-state index contributed by atoms with van der Waals surface area (Å²) in [6.45, 7) is 0. The molecule has 0 aliphatic heterocycles. The lowest BCUT2D eigenvalue weighted by molar-refractivity contribution is 1.18. The van der Waals surface area contributed by atoms with Gasteiger partial charge in [0.25, 0.3) is 0 Å². The smallest absolute Gasteiger partial charge is 0.0541 e. The molecule has 0 aliphatic rings. The maximum atomic E-state index is 2.42. The molecule has 0 atom stereocenters. The molecule has 1 heterocycles. The van der Waals surface area contributed by atoms with Gasteiger partial charge in [-0.3, -0.25) is 0 Å². The fourth-order valence-electron chi connectivity index (χ4n) is 8.98. The van der Waals surface area contributed by atoms with Crippen LogP contribution in [0.5, 0.6) is 0 Å². The van der Waals surface area contributed by atoms with E-state index in [4.69, 9.17) is 0 Å². The van der Waals surface area contributed by atoms with E-state index in [1.807, 2.05) is 0 Å². The minimum Gasteiger partial charge on any atom is -0.310 e. The number of benzene rings is 10. The fourth-order valence-corrected chi connectivity index (χ4v) is 8.98. The van der Waals surface area contributed by atoms with Gasteiger partial charge in [-0.2, -0.15) is 0 Å². The lowest BCUT2D eigenvalue weighted by Crippen LogP contribution is -2.11. The molecule has 0 aliphatic carbocycles. The standard InChI is InChI=1S/C58H40N2/c1-3-18-42(19-4-1)54-40-46(51-25-11-14-28-55(51)60-56-29-15-12-26-52(56)53-27-13-16-30-57(53)60)35-38-58(54)59(47-21-5-2-6-22-47)48-36-33-43(34-37-48)49-23-9-10-24-50(49)45-32-31-41-17-7-8-20-44(41)39-45/h1-40H. The zero-order chi connectivity index (χ0) is 39.8. The topological polar surface area (TPSA) is 8.17 Å². The Balaban J connectivity index is 1.05. The summed E-state index contributed by atoms with van der Waals surface area (Å²) in [6.07, 6.45) is 0. The van der Waals surface area contributed by atoms with Gasteiger partial charge in [0.1, 0.15) is 0 Å². The molecule has 2 heteroatoms. The second-order valence-electron chi connectivity index (χ2n) is 15.3. The average molecular weight is 765 g/mol. The molecule has 2 nitrogen and oxygen atoms in total. The van der Waals surface area contributed by atoms with Crippen molar-refractivity contribution in [3.8, 4) is 50.2 Å². The monoisotopic (exact) mass is 764 g/mol. The Kier molecular flexibility index (Phi) is 8.87. The fraction of sp³-hybridized carbons (Fsp3) is 0. The van der Waals surface area contributed by atoms with Gasteiger partial charge < -0.3 is 9.47 Å². The predicted octanol–water partition coefficient (Wildman–Crippen LogP) is 16.1. The van der Waals surface area contributed by atoms with Crippen LogP contribution >= 0.6 is 0 Å². The van der Waals surface area contributed by atoms with Gasteiger partial charge in [-0.1, -0.05) is 182 Å². The molecular weight excluding hydrogens is 725 g/mol. The first kappa shape index (κ1) is 35.2. The molecule has 0 radical (unpaired) electrons. The molecule has 0 bridgehead atoms. The van der Waals surface area contributed by atoms with Crippen molar-refractivity contribution in [1.29, 1.82) is 0 Å². The first-order valence-electron chi connectivity index (χ1n) is 20.6. The Hall–Kier alpha value is -7.94. The highest BCUT2D eigenvalue weighted by Crippen LogP contribution is 2.45. The van der Waals surface area contributed by atoms with Crippen LogP contribution in [0, 0.1) is 0 Å². The summed E-state index contributed by atoms with van der Waals surface area (Å²) in [5, 5.41) is 5.00. The van der Waals surface area contributed by atoms with Crippen molar-refractivity contribution >= 4 is 49.6 Å². The molecule has 282 valence electrons. The summed E-state index contributed by atoms with van der Waals surface area (Å²) in [4.78, 5) is 2.39. The van der Waals surface area contributed by atoms with E-state index in [-0.39, 0.29) is 0 Å². The van der Waals surface area contributed by atoms with E-state index in [9.17, 15) is 0 Å². The molecule has 0 saturated carbocycles. The third kappa shape index (κ3) is 6.23. The van der Waals surface area contributed by atoms with Crippen molar-refractivity contribution < 1.29 is 0 Å². The van der Waals surface area contributed by atoms with Gasteiger partial charge in [-0.05, 0) is 105 Å². The Morgan fingerprint density at radius 2 is 0.767 bits per heavy atom. The van der Waals surface area contributed by atoms with E-state index >= 15 is 0 Å². The van der Waals surface area contributed by atoms with Gasteiger partial charge in [-0.25, -0.2) is 0 Å². The zero-order valence-electron chi connectivity index (χ0n) is 33.0. The van der Waals surface area contributed by atoms with Crippen molar-refractivity contribution in [3.63, 3.8) is 0 Å². The largest absolute Gasteiger partial charge is 0.310 e. The molecule has 11 aromatic rings. The van der Waals surface area contributed by atoms with Crippen LogP contribution in [-0.4, -0.2) is 4.57 Å². The Morgan fingerprint density at radius 3 is 1.48 bits per heavy atom. The Bertz CT molecular complexity index is 3250. The minimum atomic E-state index is 1.09. The van der Waals surface area contributed by atoms with E-state index in [2.05, 4.69) is 252 Å². The second-order valence-corrected chi connectivity index (χ2v) is 15.3. The molecule has 1 aromatic heterocycles. The molecule has 0 spiro atoms. The van der Waals surface area contributed by atoms with Gasteiger partial charge in [-0.15, -0.1) is 0 Å². The molecule has 0 amide bonds. The van der Waals surface area contributed by atoms with Crippen molar-refractivity contribution in [2.24, 2.45) is 0 Å². The number of hydrogen-bond acceptors (Lipinski definition) is 1. The Labute approximate surface area is 350 Å². The van der Waals surface area contributed by atoms with Crippen LogP contribution < -0.4 is 4.90 Å². The summed E-state index contributed by atoms with van der Waals surface area (Å²) >= 11 is 0. The van der Waals surface area contributed by atoms with Crippen LogP contribution in [0.2, 0.25) is 0 Å². The maximum absolute atomic E-state index is 2.42. The predicted molar refractivity (Wildman–Crippen MR) is 255 cm³/mol. The summed E-state index contributed by atoms with van der Waals surface area (Å²) in [7, 11) is 0. The SMILES string of the molecule is c1ccc(-c2cc(-c3ccccc3-n3c4ccccc4c4ccccc43)ccc2N(c2ccccc2)c2ccc(-c3ccccc3-c3ccc4ccccc4c3)cc2)cc1. The number of para-hydroxylation sites is 4. The van der Waals surface area contributed by atoms with E-state index in [1.165, 1.54) is 60.4 Å². The summed E-state index contributed by atoms with van der Waals surface area (Å²) < 4.78 is 2.42. The maximum Gasteiger partial charge on any atom is 0.0541 e. The van der Waals surface area contributed by atoms with Crippen LogP contribution in [0.15, 0.2) is 243 Å². The highest BCUT2D eigenvalue weighted by atomic mass is 15.1. The second kappa shape index (κ2) is 15.1. The van der Waals surface area contributed by atoms with E-state index in [1.54, 1.807) is 0 Å².